The van der Waals surface area contributed by atoms with Crippen molar-refractivity contribution in [1.82, 2.24) is 15.0 Å². The van der Waals surface area contributed by atoms with Crippen molar-refractivity contribution in [1.29, 1.82) is 0 Å². The number of pyridine rings is 1. The van der Waals surface area contributed by atoms with Gasteiger partial charge in [0, 0.05) is 35.1 Å². The first-order valence-electron chi connectivity index (χ1n) is 8.65. The largest absolute Gasteiger partial charge is 0.609 e. The molecule has 0 saturated carbocycles. The van der Waals surface area contributed by atoms with Gasteiger partial charge in [-0.25, -0.2) is 0 Å². The van der Waals surface area contributed by atoms with Crippen LogP contribution in [0.2, 0.25) is 0 Å². The van der Waals surface area contributed by atoms with Crippen LogP contribution in [0, 0.1) is 6.92 Å². The van der Waals surface area contributed by atoms with Gasteiger partial charge in [0.15, 0.2) is 17.3 Å². The summed E-state index contributed by atoms with van der Waals surface area (Å²) in [5.74, 6) is 0.188. The second-order valence-corrected chi connectivity index (χ2v) is 7.63. The van der Waals surface area contributed by atoms with Gasteiger partial charge in [-0.3, -0.25) is 9.97 Å². The highest BCUT2D eigenvalue weighted by Crippen LogP contribution is 2.42. The van der Waals surface area contributed by atoms with E-state index in [1.54, 1.807) is 12.3 Å². The molecule has 1 N–H and O–H groups in total. The normalized spacial score (nSPS) is 18.6. The number of H-pyrrole nitrogens is 1. The number of alkyl halides is 3. The van der Waals surface area contributed by atoms with Gasteiger partial charge in [0.1, 0.15) is 5.75 Å². The van der Waals surface area contributed by atoms with Crippen molar-refractivity contribution in [2.45, 2.75) is 37.2 Å². The monoisotopic (exact) mass is 427 g/mol. The highest BCUT2D eigenvalue weighted by atomic mass is 32.2. The molecule has 154 valence electrons. The Morgan fingerprint density at radius 1 is 1.34 bits per heavy atom. The smallest absolute Gasteiger partial charge is 0.468 e. The Labute approximate surface area is 166 Å². The standard InChI is InChI=1S/C18H16F3N3O4S/c1-3-26-13-4-5-22-12(9(13)2)8-29(25)17-23-10-6-14-15(7-11(10)24-17)28-18(20,21)16(19)27-14/h4-7,16H,3,8H2,1-2H3,(H,23,24). The summed E-state index contributed by atoms with van der Waals surface area (Å²) < 4.78 is 67.3. The molecule has 0 radical (unpaired) electrons. The lowest BCUT2D eigenvalue weighted by Crippen LogP contribution is -2.43. The maximum absolute atomic E-state index is 13.4. The minimum atomic E-state index is -4.10. The number of nitrogens with one attached hydrogen (secondary N) is 1. The zero-order valence-electron chi connectivity index (χ0n) is 15.4. The molecule has 1 aliphatic heterocycles. The SMILES string of the molecule is CCOc1ccnc(C[S+]([O-])c2nc3cc4c(cc3[nH]2)OC(F)C(F)(F)O4)c1C. The highest BCUT2D eigenvalue weighted by Gasteiger charge is 2.49. The summed E-state index contributed by atoms with van der Waals surface area (Å²) in [6.07, 6.45) is -5.45. The Kier molecular flexibility index (Phi) is 4.95. The summed E-state index contributed by atoms with van der Waals surface area (Å²) in [7, 11) is 0. The van der Waals surface area contributed by atoms with Gasteiger partial charge in [0.05, 0.1) is 23.3 Å². The first kappa shape index (κ1) is 19.6. The second kappa shape index (κ2) is 7.30. The van der Waals surface area contributed by atoms with E-state index in [1.165, 1.54) is 12.1 Å². The highest BCUT2D eigenvalue weighted by molar-refractivity contribution is 7.90. The molecule has 0 bridgehead atoms. The molecular formula is C18H16F3N3O4S. The molecule has 0 spiro atoms. The van der Waals surface area contributed by atoms with Gasteiger partial charge in [-0.15, -0.1) is 0 Å². The number of rotatable bonds is 5. The van der Waals surface area contributed by atoms with Crippen molar-refractivity contribution < 1.29 is 31.9 Å². The maximum atomic E-state index is 13.4. The second-order valence-electron chi connectivity index (χ2n) is 6.26. The number of ether oxygens (including phenoxy) is 3. The number of aromatic amines is 1. The molecule has 0 saturated heterocycles. The Morgan fingerprint density at radius 3 is 2.90 bits per heavy atom. The third-order valence-electron chi connectivity index (χ3n) is 4.31. The van der Waals surface area contributed by atoms with Crippen LogP contribution in [0.5, 0.6) is 17.2 Å². The van der Waals surface area contributed by atoms with E-state index < -0.39 is 23.6 Å². The quantitative estimate of drug-likeness (QED) is 0.625. The number of hydrogen-bond acceptors (Lipinski definition) is 6. The summed E-state index contributed by atoms with van der Waals surface area (Å²) in [5, 5.41) is 0.119. The Bertz CT molecular complexity index is 1060. The van der Waals surface area contributed by atoms with E-state index in [2.05, 4.69) is 24.4 Å². The van der Waals surface area contributed by atoms with Gasteiger partial charge in [0.25, 0.3) is 0 Å². The van der Waals surface area contributed by atoms with Crippen LogP contribution in [0.25, 0.3) is 11.0 Å². The predicted octanol–water partition coefficient (Wildman–Crippen LogP) is 3.63. The van der Waals surface area contributed by atoms with Crippen molar-refractivity contribution in [3.05, 3.63) is 35.7 Å². The molecule has 11 heteroatoms. The molecule has 3 heterocycles. The van der Waals surface area contributed by atoms with E-state index in [-0.39, 0.29) is 27.9 Å². The maximum Gasteiger partial charge on any atom is 0.468 e. The van der Waals surface area contributed by atoms with Crippen LogP contribution in [0.15, 0.2) is 29.6 Å². The van der Waals surface area contributed by atoms with Crippen molar-refractivity contribution >= 4 is 22.2 Å². The third kappa shape index (κ3) is 3.67. The molecule has 2 aromatic heterocycles. The van der Waals surface area contributed by atoms with Gasteiger partial charge >= 0.3 is 17.6 Å². The molecule has 29 heavy (non-hydrogen) atoms. The molecule has 1 aromatic carbocycles. The lowest BCUT2D eigenvalue weighted by Gasteiger charge is -2.28. The molecule has 4 rings (SSSR count). The Balaban J connectivity index is 1.61. The predicted molar refractivity (Wildman–Crippen MR) is 97.4 cm³/mol. The minimum Gasteiger partial charge on any atom is -0.609 e. The average molecular weight is 427 g/mol. The number of nitrogens with zero attached hydrogens (tertiary/aromatic N) is 2. The van der Waals surface area contributed by atoms with Crippen molar-refractivity contribution in [2.75, 3.05) is 6.61 Å². The summed E-state index contributed by atoms with van der Waals surface area (Å²) in [5.41, 5.74) is 1.94. The van der Waals surface area contributed by atoms with Crippen LogP contribution < -0.4 is 14.2 Å². The minimum absolute atomic E-state index is 0.0733. The fourth-order valence-electron chi connectivity index (χ4n) is 2.86. The molecule has 3 aromatic rings. The lowest BCUT2D eigenvalue weighted by atomic mass is 10.2. The molecule has 2 atom stereocenters. The zero-order valence-corrected chi connectivity index (χ0v) is 16.2. The number of hydrogen-bond donors (Lipinski definition) is 1. The summed E-state index contributed by atoms with van der Waals surface area (Å²) in [4.78, 5) is 11.3. The van der Waals surface area contributed by atoms with Crippen LogP contribution in [-0.2, 0) is 16.9 Å². The molecule has 2 unspecified atom stereocenters. The van der Waals surface area contributed by atoms with Crippen LogP contribution in [-0.4, -0.2) is 38.6 Å². The Morgan fingerprint density at radius 2 is 2.14 bits per heavy atom. The first-order valence-corrected chi connectivity index (χ1v) is 9.97. The number of fused-ring (bicyclic) bond motifs is 2. The van der Waals surface area contributed by atoms with Gasteiger partial charge < -0.3 is 18.8 Å². The average Bonchev–Trinajstić information content (AvgIpc) is 3.07. The molecule has 0 fully saturated rings. The number of benzene rings is 1. The molecule has 7 nitrogen and oxygen atoms in total. The topological polar surface area (TPSA) is 92.3 Å². The van der Waals surface area contributed by atoms with Gasteiger partial charge in [-0.05, 0) is 19.9 Å². The zero-order chi connectivity index (χ0) is 20.8. The summed E-state index contributed by atoms with van der Waals surface area (Å²) in [6.45, 7) is 4.17. The Hall–Kier alpha value is -2.66. The van der Waals surface area contributed by atoms with E-state index >= 15 is 0 Å². The van der Waals surface area contributed by atoms with Crippen LogP contribution >= 0.6 is 0 Å². The van der Waals surface area contributed by atoms with Crippen LogP contribution in [0.3, 0.4) is 0 Å². The number of halogens is 3. The summed E-state index contributed by atoms with van der Waals surface area (Å²) >= 11 is -1.60. The van der Waals surface area contributed by atoms with E-state index in [4.69, 9.17) is 4.74 Å². The van der Waals surface area contributed by atoms with Crippen LogP contribution in [0.1, 0.15) is 18.2 Å². The van der Waals surface area contributed by atoms with Crippen molar-refractivity contribution in [3.8, 4) is 17.2 Å². The van der Waals surface area contributed by atoms with Gasteiger partial charge in [-0.2, -0.15) is 18.2 Å². The van der Waals surface area contributed by atoms with E-state index in [9.17, 15) is 17.7 Å². The molecular weight excluding hydrogens is 411 g/mol. The lowest BCUT2D eigenvalue weighted by molar-refractivity contribution is -0.281. The van der Waals surface area contributed by atoms with E-state index in [1.807, 2.05) is 13.8 Å². The number of imidazole rings is 1. The molecule has 1 aliphatic rings. The van der Waals surface area contributed by atoms with Gasteiger partial charge in [-0.1, -0.05) is 0 Å². The van der Waals surface area contributed by atoms with Crippen molar-refractivity contribution in [2.24, 2.45) is 0 Å². The van der Waals surface area contributed by atoms with Gasteiger partial charge in [0.2, 0.25) is 0 Å². The van der Waals surface area contributed by atoms with E-state index in [0.717, 1.165) is 5.56 Å². The summed E-state index contributed by atoms with van der Waals surface area (Å²) in [6, 6.07) is 4.19. The molecule has 0 aliphatic carbocycles. The fourth-order valence-corrected chi connectivity index (χ4v) is 3.96. The molecule has 0 amide bonds. The van der Waals surface area contributed by atoms with Crippen molar-refractivity contribution in [3.63, 3.8) is 0 Å². The first-order chi connectivity index (χ1) is 13.8. The fraction of sp³-hybridized carbons (Fsp3) is 0.333. The number of aromatic nitrogens is 3. The third-order valence-corrected chi connectivity index (χ3v) is 5.47. The van der Waals surface area contributed by atoms with E-state index in [0.29, 0.717) is 23.6 Å². The van der Waals surface area contributed by atoms with Crippen LogP contribution in [0.4, 0.5) is 13.2 Å².